The molecule has 0 aliphatic carbocycles. The molecule has 0 aromatic carbocycles. The molecule has 0 amide bonds. The fourth-order valence-corrected chi connectivity index (χ4v) is 3.85. The largest absolute Gasteiger partial charge is 0.369 e. The van der Waals surface area contributed by atoms with Gasteiger partial charge in [0.1, 0.15) is 5.02 Å². The second kappa shape index (κ2) is 7.01. The van der Waals surface area contributed by atoms with Gasteiger partial charge in [0, 0.05) is 19.6 Å². The van der Waals surface area contributed by atoms with E-state index in [1.165, 1.54) is 32.4 Å². The number of hydrogen-bond donors (Lipinski definition) is 1. The Morgan fingerprint density at radius 3 is 2.86 bits per heavy atom. The molecule has 1 aromatic rings. The molecule has 1 atom stereocenters. The first-order chi connectivity index (χ1) is 10.6. The Labute approximate surface area is 136 Å². The van der Waals surface area contributed by atoms with Crippen molar-refractivity contribution in [2.45, 2.75) is 32.6 Å². The van der Waals surface area contributed by atoms with Crippen molar-refractivity contribution < 1.29 is 0 Å². The van der Waals surface area contributed by atoms with Crippen LogP contribution in [0.15, 0.2) is 11.0 Å². The first-order valence-electron chi connectivity index (χ1n) is 8.34. The predicted octanol–water partition coefficient (Wildman–Crippen LogP) is 2.37. The zero-order chi connectivity index (χ0) is 15.5. The Bertz CT molecular complexity index is 553. The number of anilines is 1. The third-order valence-electron chi connectivity index (χ3n) is 5.03. The molecule has 3 heterocycles. The van der Waals surface area contributed by atoms with Crippen LogP contribution in [-0.4, -0.2) is 47.8 Å². The van der Waals surface area contributed by atoms with Gasteiger partial charge < -0.3 is 9.80 Å². The standard InChI is InChI=1S/C16H25ClN4O/c1-12-4-7-20(8-5-12)10-13-3-2-6-21(11-13)14-9-18-19-16(22)15(14)17/h9,12-13H,2-8,10-11H2,1H3,(H,19,22). The Balaban J connectivity index is 1.62. The fourth-order valence-electron chi connectivity index (χ4n) is 3.64. The van der Waals surface area contributed by atoms with Crippen LogP contribution < -0.4 is 10.5 Å². The molecule has 6 heteroatoms. The zero-order valence-corrected chi connectivity index (χ0v) is 14.0. The normalized spacial score (nSPS) is 24.6. The highest BCUT2D eigenvalue weighted by Gasteiger charge is 2.25. The Morgan fingerprint density at radius 2 is 2.09 bits per heavy atom. The van der Waals surface area contributed by atoms with Crippen molar-refractivity contribution in [1.82, 2.24) is 15.1 Å². The second-order valence-corrected chi connectivity index (χ2v) is 7.21. The number of H-pyrrole nitrogens is 1. The summed E-state index contributed by atoms with van der Waals surface area (Å²) >= 11 is 6.15. The summed E-state index contributed by atoms with van der Waals surface area (Å²) in [5, 5.41) is 6.55. The second-order valence-electron chi connectivity index (χ2n) is 6.84. The van der Waals surface area contributed by atoms with E-state index >= 15 is 0 Å². The van der Waals surface area contributed by atoms with E-state index in [2.05, 4.69) is 26.9 Å². The van der Waals surface area contributed by atoms with Crippen molar-refractivity contribution in [3.63, 3.8) is 0 Å². The van der Waals surface area contributed by atoms with E-state index in [1.807, 2.05) is 0 Å². The van der Waals surface area contributed by atoms with Crippen molar-refractivity contribution in [3.05, 3.63) is 21.6 Å². The van der Waals surface area contributed by atoms with Crippen molar-refractivity contribution >= 4 is 17.3 Å². The van der Waals surface area contributed by atoms with Gasteiger partial charge >= 0.3 is 0 Å². The summed E-state index contributed by atoms with van der Waals surface area (Å²) in [6, 6.07) is 0. The van der Waals surface area contributed by atoms with E-state index in [-0.39, 0.29) is 10.6 Å². The molecule has 3 rings (SSSR count). The van der Waals surface area contributed by atoms with Gasteiger partial charge in [0.25, 0.3) is 5.56 Å². The summed E-state index contributed by atoms with van der Waals surface area (Å²) in [4.78, 5) is 16.5. The third kappa shape index (κ3) is 3.63. The number of hydrogen-bond acceptors (Lipinski definition) is 4. The van der Waals surface area contributed by atoms with E-state index in [9.17, 15) is 4.79 Å². The van der Waals surface area contributed by atoms with Crippen LogP contribution in [0, 0.1) is 11.8 Å². The van der Waals surface area contributed by atoms with Gasteiger partial charge in [-0.1, -0.05) is 18.5 Å². The SMILES string of the molecule is CC1CCN(CC2CCCN(c3cn[nH]c(=O)c3Cl)C2)CC1. The molecule has 5 nitrogen and oxygen atoms in total. The molecule has 2 saturated heterocycles. The van der Waals surface area contributed by atoms with Gasteiger partial charge in [-0.15, -0.1) is 0 Å². The Morgan fingerprint density at radius 1 is 1.32 bits per heavy atom. The van der Waals surface area contributed by atoms with Gasteiger partial charge in [0.2, 0.25) is 0 Å². The lowest BCUT2D eigenvalue weighted by Crippen LogP contribution is -2.43. The number of halogens is 1. The minimum absolute atomic E-state index is 0.266. The minimum atomic E-state index is -0.300. The molecule has 0 saturated carbocycles. The van der Waals surface area contributed by atoms with Crippen LogP contribution >= 0.6 is 11.6 Å². The first-order valence-corrected chi connectivity index (χ1v) is 8.71. The number of piperidine rings is 2. The smallest absolute Gasteiger partial charge is 0.285 e. The van der Waals surface area contributed by atoms with E-state index in [1.54, 1.807) is 6.20 Å². The molecule has 0 spiro atoms. The summed E-state index contributed by atoms with van der Waals surface area (Å²) in [6.45, 7) is 7.89. The average Bonchev–Trinajstić information content (AvgIpc) is 2.53. The van der Waals surface area contributed by atoms with E-state index in [0.29, 0.717) is 5.92 Å². The van der Waals surface area contributed by atoms with Crippen LogP contribution in [0.5, 0.6) is 0 Å². The number of nitrogens with zero attached hydrogens (tertiary/aromatic N) is 3. The lowest BCUT2D eigenvalue weighted by Gasteiger charge is -2.38. The Hall–Kier alpha value is -1.07. The quantitative estimate of drug-likeness (QED) is 0.927. The number of rotatable bonds is 3. The van der Waals surface area contributed by atoms with Crippen LogP contribution in [0.3, 0.4) is 0 Å². The van der Waals surface area contributed by atoms with Gasteiger partial charge in [0.05, 0.1) is 11.9 Å². The average molecular weight is 325 g/mol. The van der Waals surface area contributed by atoms with Gasteiger partial charge in [-0.25, -0.2) is 5.10 Å². The predicted molar refractivity (Wildman–Crippen MR) is 89.6 cm³/mol. The van der Waals surface area contributed by atoms with Crippen molar-refractivity contribution in [2.24, 2.45) is 11.8 Å². The van der Waals surface area contributed by atoms with Gasteiger partial charge in [-0.05, 0) is 50.6 Å². The van der Waals surface area contributed by atoms with Crippen LogP contribution in [0.4, 0.5) is 5.69 Å². The summed E-state index contributed by atoms with van der Waals surface area (Å²) in [7, 11) is 0. The molecule has 122 valence electrons. The molecular formula is C16H25ClN4O. The van der Waals surface area contributed by atoms with Crippen molar-refractivity contribution in [3.8, 4) is 0 Å². The summed E-state index contributed by atoms with van der Waals surface area (Å²) in [5.41, 5.74) is 0.480. The molecule has 1 aromatic heterocycles. The van der Waals surface area contributed by atoms with Gasteiger partial charge in [-0.3, -0.25) is 4.79 Å². The van der Waals surface area contributed by atoms with Gasteiger partial charge in [0.15, 0.2) is 0 Å². The monoisotopic (exact) mass is 324 g/mol. The third-order valence-corrected chi connectivity index (χ3v) is 5.39. The molecular weight excluding hydrogens is 300 g/mol. The number of aromatic nitrogens is 2. The highest BCUT2D eigenvalue weighted by molar-refractivity contribution is 6.32. The summed E-state index contributed by atoms with van der Waals surface area (Å²) in [5.74, 6) is 1.53. The molecule has 1 unspecified atom stereocenters. The van der Waals surface area contributed by atoms with Crippen LogP contribution in [0.2, 0.25) is 5.02 Å². The Kier molecular flexibility index (Phi) is 5.03. The molecule has 0 radical (unpaired) electrons. The topological polar surface area (TPSA) is 52.2 Å². The maximum Gasteiger partial charge on any atom is 0.285 e. The minimum Gasteiger partial charge on any atom is -0.369 e. The lowest BCUT2D eigenvalue weighted by molar-refractivity contribution is 0.159. The first kappa shape index (κ1) is 15.8. The number of likely N-dealkylation sites (tertiary alicyclic amines) is 1. The van der Waals surface area contributed by atoms with E-state index in [4.69, 9.17) is 11.6 Å². The molecule has 2 fully saturated rings. The van der Waals surface area contributed by atoms with Crippen LogP contribution in [-0.2, 0) is 0 Å². The highest BCUT2D eigenvalue weighted by Crippen LogP contribution is 2.27. The highest BCUT2D eigenvalue weighted by atomic mass is 35.5. The molecule has 22 heavy (non-hydrogen) atoms. The lowest BCUT2D eigenvalue weighted by atomic mass is 9.94. The van der Waals surface area contributed by atoms with Crippen molar-refractivity contribution in [1.29, 1.82) is 0 Å². The summed E-state index contributed by atoms with van der Waals surface area (Å²) < 4.78 is 0. The van der Waals surface area contributed by atoms with Crippen LogP contribution in [0.25, 0.3) is 0 Å². The van der Waals surface area contributed by atoms with Gasteiger partial charge in [-0.2, -0.15) is 5.10 Å². The summed E-state index contributed by atoms with van der Waals surface area (Å²) in [6.07, 6.45) is 6.73. The molecule has 2 aliphatic rings. The molecule has 2 aliphatic heterocycles. The van der Waals surface area contributed by atoms with E-state index < -0.39 is 0 Å². The molecule has 0 bridgehead atoms. The van der Waals surface area contributed by atoms with E-state index in [0.717, 1.165) is 37.7 Å². The fraction of sp³-hybridized carbons (Fsp3) is 0.750. The number of aromatic amines is 1. The zero-order valence-electron chi connectivity index (χ0n) is 13.2. The van der Waals surface area contributed by atoms with Crippen LogP contribution in [0.1, 0.15) is 32.6 Å². The molecule has 1 N–H and O–H groups in total. The maximum absolute atomic E-state index is 11.6. The number of nitrogens with one attached hydrogen (secondary N) is 1. The maximum atomic E-state index is 11.6. The van der Waals surface area contributed by atoms with Crippen molar-refractivity contribution in [2.75, 3.05) is 37.6 Å².